The first-order chi connectivity index (χ1) is 11.0. The number of hydrogen-bond acceptors (Lipinski definition) is 7. The molecule has 1 saturated heterocycles. The summed E-state index contributed by atoms with van der Waals surface area (Å²) in [5, 5.41) is 13.9. The highest BCUT2D eigenvalue weighted by atomic mass is 32.2. The lowest BCUT2D eigenvalue weighted by Gasteiger charge is -2.22. The van der Waals surface area contributed by atoms with Crippen molar-refractivity contribution in [3.8, 4) is 0 Å². The average Bonchev–Trinajstić information content (AvgIpc) is 2.54. The second-order valence-electron chi connectivity index (χ2n) is 5.63. The topological polar surface area (TPSA) is 115 Å². The van der Waals surface area contributed by atoms with Crippen LogP contribution in [0, 0.1) is 16.0 Å². The Labute approximate surface area is 133 Å². The van der Waals surface area contributed by atoms with E-state index in [0.29, 0.717) is 17.6 Å². The zero-order valence-corrected chi connectivity index (χ0v) is 13.1. The summed E-state index contributed by atoms with van der Waals surface area (Å²) in [5.41, 5.74) is 0.534. The molecule has 0 aliphatic carbocycles. The van der Waals surface area contributed by atoms with Crippen LogP contribution in [0.3, 0.4) is 0 Å². The van der Waals surface area contributed by atoms with Gasteiger partial charge in [-0.25, -0.2) is 13.4 Å². The Bertz CT molecular complexity index is 847. The number of nitrogens with one attached hydrogen (secondary N) is 1. The van der Waals surface area contributed by atoms with E-state index in [0.717, 1.165) is 19.4 Å². The molecule has 1 aliphatic heterocycles. The Kier molecular flexibility index (Phi) is 4.22. The molecule has 1 aromatic carbocycles. The molecule has 122 valence electrons. The van der Waals surface area contributed by atoms with E-state index in [1.807, 2.05) is 0 Å². The van der Waals surface area contributed by atoms with Gasteiger partial charge in [0.25, 0.3) is 5.69 Å². The molecule has 0 saturated carbocycles. The highest BCUT2D eigenvalue weighted by molar-refractivity contribution is 7.91. The van der Waals surface area contributed by atoms with Crippen LogP contribution in [0.15, 0.2) is 29.4 Å². The second-order valence-corrected chi connectivity index (χ2v) is 7.61. The number of piperidine rings is 1. The van der Waals surface area contributed by atoms with E-state index in [1.165, 1.54) is 24.4 Å². The lowest BCUT2D eigenvalue weighted by Crippen LogP contribution is -2.34. The van der Waals surface area contributed by atoms with Gasteiger partial charge in [0.15, 0.2) is 14.9 Å². The molecule has 1 N–H and O–H groups in total. The number of nitrogens with zero attached hydrogens (tertiary/aromatic N) is 3. The van der Waals surface area contributed by atoms with Gasteiger partial charge in [0.2, 0.25) is 0 Å². The Morgan fingerprint density at radius 3 is 2.87 bits per heavy atom. The van der Waals surface area contributed by atoms with E-state index in [1.54, 1.807) is 0 Å². The van der Waals surface area contributed by atoms with Crippen molar-refractivity contribution in [3.05, 3.63) is 34.5 Å². The van der Waals surface area contributed by atoms with E-state index in [-0.39, 0.29) is 22.4 Å². The number of benzene rings is 1. The van der Waals surface area contributed by atoms with E-state index in [9.17, 15) is 18.5 Å². The highest BCUT2D eigenvalue weighted by Crippen LogP contribution is 2.21. The minimum Gasteiger partial charge on any atom is -0.316 e. The number of nitro benzene ring substituents is 1. The van der Waals surface area contributed by atoms with Gasteiger partial charge in [0, 0.05) is 12.1 Å². The molecule has 0 spiro atoms. The van der Waals surface area contributed by atoms with Crippen molar-refractivity contribution in [2.24, 2.45) is 5.92 Å². The molecule has 0 radical (unpaired) electrons. The molecule has 0 amide bonds. The summed E-state index contributed by atoms with van der Waals surface area (Å²) in [6, 6.07) is 3.99. The Morgan fingerprint density at radius 1 is 1.35 bits per heavy atom. The maximum Gasteiger partial charge on any atom is 0.271 e. The molecule has 1 fully saturated rings. The Morgan fingerprint density at radius 2 is 2.17 bits per heavy atom. The normalized spacial score (nSPS) is 18.9. The fraction of sp³-hybridized carbons (Fsp3) is 0.429. The third-order valence-corrected chi connectivity index (χ3v) is 5.63. The molecule has 0 unspecified atom stereocenters. The fourth-order valence-electron chi connectivity index (χ4n) is 2.71. The van der Waals surface area contributed by atoms with Gasteiger partial charge in [-0.1, -0.05) is 0 Å². The molecule has 1 aromatic heterocycles. The lowest BCUT2D eigenvalue weighted by atomic mass is 10.0. The summed E-state index contributed by atoms with van der Waals surface area (Å²) in [4.78, 5) is 18.4. The summed E-state index contributed by atoms with van der Waals surface area (Å²) >= 11 is 0. The summed E-state index contributed by atoms with van der Waals surface area (Å²) in [5.74, 6) is 0.107. The number of fused-ring (bicyclic) bond motifs is 1. The van der Waals surface area contributed by atoms with Gasteiger partial charge in [-0.05, 0) is 37.9 Å². The monoisotopic (exact) mass is 336 g/mol. The summed E-state index contributed by atoms with van der Waals surface area (Å²) in [6.07, 6.45) is 3.02. The molecule has 3 rings (SSSR count). The molecule has 1 aliphatic rings. The van der Waals surface area contributed by atoms with Crippen LogP contribution in [0.5, 0.6) is 0 Å². The number of hydrogen-bond donors (Lipinski definition) is 1. The number of sulfone groups is 1. The standard InChI is InChI=1S/C14H16N4O4S/c19-18(20)11-3-4-12-13(6-11)16-8-14(17-12)23(21,22)9-10-2-1-5-15-7-10/h3-4,6,8,10,15H,1-2,5,7,9H2/t10-/m0/s1. The predicted molar refractivity (Wildman–Crippen MR) is 83.8 cm³/mol. The van der Waals surface area contributed by atoms with Crippen molar-refractivity contribution in [1.29, 1.82) is 0 Å². The SMILES string of the molecule is O=[N+]([O-])c1ccc2nc(S(=O)(=O)C[C@H]3CCCNC3)cnc2c1. The van der Waals surface area contributed by atoms with Crippen molar-refractivity contribution in [3.63, 3.8) is 0 Å². The molecule has 2 aromatic rings. The predicted octanol–water partition coefficient (Wildman–Crippen LogP) is 1.31. The van der Waals surface area contributed by atoms with Crippen LogP contribution in [0.2, 0.25) is 0 Å². The van der Waals surface area contributed by atoms with Crippen LogP contribution in [0.1, 0.15) is 12.8 Å². The van der Waals surface area contributed by atoms with Crippen molar-refractivity contribution in [2.75, 3.05) is 18.8 Å². The molecular weight excluding hydrogens is 320 g/mol. The quantitative estimate of drug-likeness (QED) is 0.661. The number of aromatic nitrogens is 2. The van der Waals surface area contributed by atoms with Crippen molar-refractivity contribution in [2.45, 2.75) is 17.9 Å². The number of nitro groups is 1. The zero-order chi connectivity index (χ0) is 16.4. The maximum atomic E-state index is 12.5. The second kappa shape index (κ2) is 6.17. The van der Waals surface area contributed by atoms with Crippen molar-refractivity contribution < 1.29 is 13.3 Å². The smallest absolute Gasteiger partial charge is 0.271 e. The molecule has 1 atom stereocenters. The maximum absolute atomic E-state index is 12.5. The van der Waals surface area contributed by atoms with Crippen molar-refractivity contribution in [1.82, 2.24) is 15.3 Å². The lowest BCUT2D eigenvalue weighted by molar-refractivity contribution is -0.384. The van der Waals surface area contributed by atoms with Gasteiger partial charge in [0.1, 0.15) is 0 Å². The van der Waals surface area contributed by atoms with Gasteiger partial charge >= 0.3 is 0 Å². The van der Waals surface area contributed by atoms with Gasteiger partial charge in [0.05, 0.1) is 27.9 Å². The van der Waals surface area contributed by atoms with Gasteiger partial charge in [-0.15, -0.1) is 0 Å². The minimum atomic E-state index is -3.53. The third-order valence-electron chi connectivity index (χ3n) is 3.89. The zero-order valence-electron chi connectivity index (χ0n) is 12.3. The van der Waals surface area contributed by atoms with Gasteiger partial charge in [-0.3, -0.25) is 15.1 Å². The van der Waals surface area contributed by atoms with E-state index >= 15 is 0 Å². The number of non-ortho nitro benzene ring substituents is 1. The van der Waals surface area contributed by atoms with E-state index in [2.05, 4.69) is 15.3 Å². The highest BCUT2D eigenvalue weighted by Gasteiger charge is 2.24. The molecule has 23 heavy (non-hydrogen) atoms. The van der Waals surface area contributed by atoms with Crippen LogP contribution in [-0.2, 0) is 9.84 Å². The first kappa shape index (κ1) is 15.8. The summed E-state index contributed by atoms with van der Waals surface area (Å²) < 4.78 is 25.0. The molecule has 2 heterocycles. The molecule has 8 nitrogen and oxygen atoms in total. The average molecular weight is 336 g/mol. The first-order valence-electron chi connectivity index (χ1n) is 7.30. The largest absolute Gasteiger partial charge is 0.316 e. The number of rotatable bonds is 4. The summed E-state index contributed by atoms with van der Waals surface area (Å²) in [7, 11) is -3.53. The fourth-order valence-corrected chi connectivity index (χ4v) is 4.23. The molecule has 9 heteroatoms. The van der Waals surface area contributed by atoms with Crippen LogP contribution in [-0.4, -0.2) is 42.2 Å². The minimum absolute atomic E-state index is 0.0349. The van der Waals surface area contributed by atoms with Crippen LogP contribution < -0.4 is 5.32 Å². The van der Waals surface area contributed by atoms with Crippen LogP contribution in [0.4, 0.5) is 5.69 Å². The van der Waals surface area contributed by atoms with Crippen LogP contribution >= 0.6 is 0 Å². The van der Waals surface area contributed by atoms with Gasteiger partial charge < -0.3 is 5.32 Å². The Hall–Kier alpha value is -2.13. The van der Waals surface area contributed by atoms with Gasteiger partial charge in [-0.2, -0.15) is 0 Å². The Balaban J connectivity index is 1.89. The third kappa shape index (κ3) is 3.45. The molecule has 0 bridgehead atoms. The van der Waals surface area contributed by atoms with E-state index in [4.69, 9.17) is 0 Å². The molecular formula is C14H16N4O4S. The summed E-state index contributed by atoms with van der Waals surface area (Å²) in [6.45, 7) is 1.61. The van der Waals surface area contributed by atoms with Crippen molar-refractivity contribution >= 4 is 26.6 Å². The first-order valence-corrected chi connectivity index (χ1v) is 8.95. The van der Waals surface area contributed by atoms with E-state index < -0.39 is 14.8 Å². The van der Waals surface area contributed by atoms with Crippen LogP contribution in [0.25, 0.3) is 11.0 Å².